The zero-order valence-corrected chi connectivity index (χ0v) is 16.9. The predicted octanol–water partition coefficient (Wildman–Crippen LogP) is 1.19. The number of β-amino-alcohol motifs (C(OH)–C–C–N with tert-alkyl or cyclic N) is 1. The molecule has 2 aromatic rings. The molecule has 0 aromatic carbocycles. The highest BCUT2D eigenvalue weighted by Crippen LogP contribution is 2.29. The van der Waals surface area contributed by atoms with Gasteiger partial charge in [-0.2, -0.15) is 4.98 Å². The number of piperidine rings is 1. The van der Waals surface area contributed by atoms with Gasteiger partial charge in [-0.15, -0.1) is 0 Å². The van der Waals surface area contributed by atoms with Gasteiger partial charge in [-0.25, -0.2) is 9.97 Å². The first kappa shape index (κ1) is 19.1. The molecule has 0 bridgehead atoms. The second-order valence-corrected chi connectivity index (χ2v) is 8.15. The zero-order valence-electron chi connectivity index (χ0n) is 16.9. The number of imidazole rings is 1. The van der Waals surface area contributed by atoms with E-state index in [2.05, 4.69) is 49.5 Å². The molecule has 0 saturated carbocycles. The maximum atomic E-state index is 9.78. The molecule has 2 saturated heterocycles. The Balaban J connectivity index is 1.38. The molecule has 8 heteroatoms. The number of anilines is 2. The van der Waals surface area contributed by atoms with Crippen molar-refractivity contribution in [3.05, 3.63) is 30.5 Å². The van der Waals surface area contributed by atoms with Crippen molar-refractivity contribution >= 4 is 11.8 Å². The summed E-state index contributed by atoms with van der Waals surface area (Å²) in [6.07, 6.45) is 8.55. The molecular formula is C20H31N7O. The number of hydrogen-bond donors (Lipinski definition) is 1. The van der Waals surface area contributed by atoms with Gasteiger partial charge in [0.2, 0.25) is 5.95 Å². The number of aromatic nitrogens is 4. The molecule has 4 rings (SSSR count). The Labute approximate surface area is 166 Å². The van der Waals surface area contributed by atoms with Gasteiger partial charge in [0.1, 0.15) is 11.6 Å². The number of nitrogens with zero attached hydrogens (tertiary/aromatic N) is 7. The van der Waals surface area contributed by atoms with Crippen LogP contribution in [0.1, 0.15) is 31.0 Å². The molecule has 2 aromatic heterocycles. The Hall–Kier alpha value is -2.19. The highest BCUT2D eigenvalue weighted by Gasteiger charge is 2.26. The molecule has 8 nitrogen and oxygen atoms in total. The number of aliphatic hydroxyl groups is 1. The molecule has 0 amide bonds. The molecule has 4 heterocycles. The molecule has 1 atom stereocenters. The van der Waals surface area contributed by atoms with E-state index >= 15 is 0 Å². The van der Waals surface area contributed by atoms with Crippen molar-refractivity contribution < 1.29 is 5.11 Å². The molecule has 2 aliphatic rings. The van der Waals surface area contributed by atoms with E-state index in [1.54, 1.807) is 0 Å². The van der Waals surface area contributed by atoms with Gasteiger partial charge in [0.05, 0.1) is 6.10 Å². The van der Waals surface area contributed by atoms with E-state index < -0.39 is 0 Å². The largest absolute Gasteiger partial charge is 0.391 e. The van der Waals surface area contributed by atoms with Crippen molar-refractivity contribution in [1.29, 1.82) is 0 Å². The van der Waals surface area contributed by atoms with Gasteiger partial charge in [-0.1, -0.05) is 0 Å². The molecular weight excluding hydrogens is 354 g/mol. The lowest BCUT2D eigenvalue weighted by Crippen LogP contribution is -2.35. The first-order valence-electron chi connectivity index (χ1n) is 10.3. The SMILES string of the molecule is CN(C)CCn1ccnc1C1CCN(c2nccc(N3CCC(O)C3)n2)CC1. The summed E-state index contributed by atoms with van der Waals surface area (Å²) in [6.45, 7) is 5.40. The average molecular weight is 386 g/mol. The third-order valence-electron chi connectivity index (χ3n) is 5.79. The Morgan fingerprint density at radius 3 is 2.57 bits per heavy atom. The lowest BCUT2D eigenvalue weighted by molar-refractivity contribution is 0.198. The van der Waals surface area contributed by atoms with E-state index in [1.807, 2.05) is 18.5 Å². The molecule has 152 valence electrons. The van der Waals surface area contributed by atoms with Crippen molar-refractivity contribution in [2.45, 2.75) is 37.8 Å². The molecule has 0 aliphatic carbocycles. The lowest BCUT2D eigenvalue weighted by atomic mass is 9.96. The van der Waals surface area contributed by atoms with E-state index in [1.165, 1.54) is 5.82 Å². The van der Waals surface area contributed by atoms with Crippen LogP contribution >= 0.6 is 0 Å². The van der Waals surface area contributed by atoms with Gasteiger partial charge in [0.15, 0.2) is 0 Å². The summed E-state index contributed by atoms with van der Waals surface area (Å²) in [5.41, 5.74) is 0. The minimum absolute atomic E-state index is 0.245. The van der Waals surface area contributed by atoms with E-state index in [4.69, 9.17) is 4.98 Å². The summed E-state index contributed by atoms with van der Waals surface area (Å²) in [5, 5.41) is 9.78. The van der Waals surface area contributed by atoms with Crippen LogP contribution in [0.3, 0.4) is 0 Å². The van der Waals surface area contributed by atoms with Gasteiger partial charge in [-0.3, -0.25) is 0 Å². The topological polar surface area (TPSA) is 73.6 Å². The van der Waals surface area contributed by atoms with Gasteiger partial charge in [0.25, 0.3) is 0 Å². The standard InChI is InChI=1S/C20H31N7O/c1-24(2)13-14-25-12-8-21-19(25)16-4-9-26(10-5-16)20-22-7-3-18(23-20)27-11-6-17(28)15-27/h3,7-8,12,16-17,28H,4-6,9-11,13-15H2,1-2H3. The molecule has 2 fully saturated rings. The minimum Gasteiger partial charge on any atom is -0.391 e. The maximum Gasteiger partial charge on any atom is 0.227 e. The third kappa shape index (κ3) is 4.28. The first-order valence-corrected chi connectivity index (χ1v) is 10.3. The van der Waals surface area contributed by atoms with Crippen LogP contribution in [0.25, 0.3) is 0 Å². The van der Waals surface area contributed by atoms with Crippen LogP contribution in [0, 0.1) is 0 Å². The summed E-state index contributed by atoms with van der Waals surface area (Å²) in [5.74, 6) is 3.42. The zero-order chi connectivity index (χ0) is 19.5. The third-order valence-corrected chi connectivity index (χ3v) is 5.79. The molecule has 1 unspecified atom stereocenters. The maximum absolute atomic E-state index is 9.78. The average Bonchev–Trinajstić information content (AvgIpc) is 3.35. The minimum atomic E-state index is -0.245. The molecule has 28 heavy (non-hydrogen) atoms. The second-order valence-electron chi connectivity index (χ2n) is 8.15. The van der Waals surface area contributed by atoms with Gasteiger partial charge >= 0.3 is 0 Å². The van der Waals surface area contributed by atoms with Crippen LogP contribution in [0.2, 0.25) is 0 Å². The van der Waals surface area contributed by atoms with Crippen molar-refractivity contribution in [3.8, 4) is 0 Å². The van der Waals surface area contributed by atoms with Crippen LogP contribution in [0.15, 0.2) is 24.7 Å². The normalized spacial score (nSPS) is 21.1. The second kappa shape index (κ2) is 8.45. The van der Waals surface area contributed by atoms with Crippen molar-refractivity contribution in [2.75, 3.05) is 56.6 Å². The summed E-state index contributed by atoms with van der Waals surface area (Å²) in [6, 6.07) is 1.94. The number of likely N-dealkylation sites (N-methyl/N-ethyl adjacent to an activating group) is 1. The van der Waals surface area contributed by atoms with E-state index in [0.717, 1.165) is 63.8 Å². The lowest BCUT2D eigenvalue weighted by Gasteiger charge is -2.32. The Bertz CT molecular complexity index is 769. The summed E-state index contributed by atoms with van der Waals surface area (Å²) in [4.78, 5) is 20.6. The van der Waals surface area contributed by atoms with E-state index in [0.29, 0.717) is 12.5 Å². The summed E-state index contributed by atoms with van der Waals surface area (Å²) >= 11 is 0. The van der Waals surface area contributed by atoms with Crippen LogP contribution in [-0.4, -0.2) is 82.4 Å². The van der Waals surface area contributed by atoms with E-state index in [-0.39, 0.29) is 6.10 Å². The first-order chi connectivity index (χ1) is 13.6. The number of aliphatic hydroxyl groups excluding tert-OH is 1. The highest BCUT2D eigenvalue weighted by molar-refractivity contribution is 5.45. The Morgan fingerprint density at radius 1 is 1.07 bits per heavy atom. The quantitative estimate of drug-likeness (QED) is 0.801. The molecule has 0 radical (unpaired) electrons. The van der Waals surface area contributed by atoms with Gasteiger partial charge in [0, 0.05) is 63.8 Å². The molecule has 0 spiro atoms. The number of hydrogen-bond acceptors (Lipinski definition) is 7. The monoisotopic (exact) mass is 385 g/mol. The Morgan fingerprint density at radius 2 is 1.86 bits per heavy atom. The van der Waals surface area contributed by atoms with Gasteiger partial charge in [-0.05, 0) is 39.4 Å². The predicted molar refractivity (Wildman–Crippen MR) is 110 cm³/mol. The van der Waals surface area contributed by atoms with Crippen LogP contribution in [-0.2, 0) is 6.54 Å². The smallest absolute Gasteiger partial charge is 0.227 e. The molecule has 2 aliphatic heterocycles. The summed E-state index contributed by atoms with van der Waals surface area (Å²) in [7, 11) is 4.21. The fourth-order valence-electron chi connectivity index (χ4n) is 4.13. The van der Waals surface area contributed by atoms with Crippen molar-refractivity contribution in [2.24, 2.45) is 0 Å². The fourth-order valence-corrected chi connectivity index (χ4v) is 4.13. The van der Waals surface area contributed by atoms with Crippen LogP contribution < -0.4 is 9.80 Å². The highest BCUT2D eigenvalue weighted by atomic mass is 16.3. The van der Waals surface area contributed by atoms with Crippen molar-refractivity contribution in [3.63, 3.8) is 0 Å². The Kier molecular flexibility index (Phi) is 5.77. The number of rotatable bonds is 6. The summed E-state index contributed by atoms with van der Waals surface area (Å²) < 4.78 is 2.30. The molecule has 1 N–H and O–H groups in total. The van der Waals surface area contributed by atoms with Crippen LogP contribution in [0.5, 0.6) is 0 Å². The van der Waals surface area contributed by atoms with Crippen LogP contribution in [0.4, 0.5) is 11.8 Å². The van der Waals surface area contributed by atoms with Crippen molar-refractivity contribution in [1.82, 2.24) is 24.4 Å². The van der Waals surface area contributed by atoms with Gasteiger partial charge < -0.3 is 24.4 Å². The fraction of sp³-hybridized carbons (Fsp3) is 0.650. The van der Waals surface area contributed by atoms with E-state index in [9.17, 15) is 5.11 Å².